The molecule has 1 heterocycles. The Hall–Kier alpha value is -2.82. The fraction of sp³-hybridized carbons (Fsp3) is 0.118. The number of benzene rings is 2. The standard InChI is InChI=1S/C17H16B2O5/c1-2-9-10(14(21)7-3-5-8(20)6-4-7)11-15(22)12(18)13(19)16(23)17(11)24-9/h3-6,20,22-23H,2,18-19H2,1H3. The largest absolute Gasteiger partial charge is 0.508 e. The van der Waals surface area contributed by atoms with Crippen LogP contribution >= 0.6 is 0 Å². The summed E-state index contributed by atoms with van der Waals surface area (Å²) in [6.45, 7) is 1.83. The number of rotatable bonds is 3. The number of carbonyl (C=O) groups is 1. The maximum absolute atomic E-state index is 12.9. The molecule has 0 aliphatic carbocycles. The van der Waals surface area contributed by atoms with Crippen LogP contribution in [0.15, 0.2) is 28.7 Å². The van der Waals surface area contributed by atoms with Gasteiger partial charge in [-0.2, -0.15) is 0 Å². The Kier molecular flexibility index (Phi) is 3.79. The zero-order chi connectivity index (χ0) is 17.6. The smallest absolute Gasteiger partial charge is 0.197 e. The highest BCUT2D eigenvalue weighted by Gasteiger charge is 2.27. The van der Waals surface area contributed by atoms with Crippen LogP contribution in [0.3, 0.4) is 0 Å². The van der Waals surface area contributed by atoms with E-state index in [1.54, 1.807) is 15.7 Å². The van der Waals surface area contributed by atoms with Crippen molar-refractivity contribution >= 4 is 43.4 Å². The lowest BCUT2D eigenvalue weighted by Crippen LogP contribution is -2.26. The first kappa shape index (κ1) is 16.1. The Morgan fingerprint density at radius 1 is 1.04 bits per heavy atom. The topological polar surface area (TPSA) is 90.9 Å². The van der Waals surface area contributed by atoms with Crippen LogP contribution in [-0.2, 0) is 6.42 Å². The number of ketones is 1. The third kappa shape index (κ3) is 2.24. The monoisotopic (exact) mass is 322 g/mol. The van der Waals surface area contributed by atoms with Gasteiger partial charge in [-0.15, -0.1) is 0 Å². The summed E-state index contributed by atoms with van der Waals surface area (Å²) < 4.78 is 5.68. The number of aromatic hydroxyl groups is 3. The Labute approximate surface area is 140 Å². The zero-order valence-electron chi connectivity index (χ0n) is 13.7. The molecule has 0 saturated carbocycles. The molecule has 1 aromatic heterocycles. The molecular weight excluding hydrogens is 306 g/mol. The summed E-state index contributed by atoms with van der Waals surface area (Å²) in [5, 5.41) is 30.5. The highest BCUT2D eigenvalue weighted by Crippen LogP contribution is 2.37. The number of carbonyl (C=O) groups excluding carboxylic acids is 1. The highest BCUT2D eigenvalue weighted by atomic mass is 16.4. The molecule has 120 valence electrons. The van der Waals surface area contributed by atoms with Gasteiger partial charge < -0.3 is 19.7 Å². The molecule has 2 aromatic carbocycles. The second-order valence-corrected chi connectivity index (χ2v) is 5.78. The molecule has 5 nitrogen and oxygen atoms in total. The molecule has 7 heteroatoms. The third-order valence-corrected chi connectivity index (χ3v) is 4.38. The number of hydrogen-bond donors (Lipinski definition) is 3. The normalized spacial score (nSPS) is 11.0. The summed E-state index contributed by atoms with van der Waals surface area (Å²) >= 11 is 0. The summed E-state index contributed by atoms with van der Waals surface area (Å²) in [6, 6.07) is 5.86. The molecule has 24 heavy (non-hydrogen) atoms. The van der Waals surface area contributed by atoms with Crippen LogP contribution in [0.25, 0.3) is 11.0 Å². The lowest BCUT2D eigenvalue weighted by molar-refractivity contribution is 0.103. The van der Waals surface area contributed by atoms with Crippen molar-refractivity contribution in [2.24, 2.45) is 0 Å². The summed E-state index contributed by atoms with van der Waals surface area (Å²) in [5.74, 6) is -0.000796. The molecule has 3 N–H and O–H groups in total. The molecule has 0 spiro atoms. The number of hydrogen-bond acceptors (Lipinski definition) is 5. The first-order chi connectivity index (χ1) is 11.4. The van der Waals surface area contributed by atoms with Gasteiger partial charge >= 0.3 is 0 Å². The van der Waals surface area contributed by atoms with Gasteiger partial charge in [-0.3, -0.25) is 4.79 Å². The van der Waals surface area contributed by atoms with Gasteiger partial charge in [0.2, 0.25) is 0 Å². The molecule has 0 unspecified atom stereocenters. The molecule has 0 bridgehead atoms. The first-order valence-corrected chi connectivity index (χ1v) is 7.67. The number of phenolic OH excluding ortho intramolecular Hbond substituents is 3. The summed E-state index contributed by atoms with van der Waals surface area (Å²) in [5.41, 5.74) is 1.74. The van der Waals surface area contributed by atoms with Crippen LogP contribution in [0.4, 0.5) is 0 Å². The summed E-state index contributed by atoms with van der Waals surface area (Å²) in [7, 11) is 3.36. The third-order valence-electron chi connectivity index (χ3n) is 4.38. The fourth-order valence-corrected chi connectivity index (χ4v) is 2.83. The second kappa shape index (κ2) is 5.67. The molecule has 3 aromatic rings. The number of phenols is 3. The van der Waals surface area contributed by atoms with Gasteiger partial charge in [-0.25, -0.2) is 0 Å². The first-order valence-electron chi connectivity index (χ1n) is 7.67. The van der Waals surface area contributed by atoms with Crippen LogP contribution in [0.5, 0.6) is 17.2 Å². The van der Waals surface area contributed by atoms with Crippen LogP contribution in [0.2, 0.25) is 0 Å². The van der Waals surface area contributed by atoms with E-state index in [0.717, 1.165) is 0 Å². The van der Waals surface area contributed by atoms with Crippen LogP contribution in [-0.4, -0.2) is 36.8 Å². The van der Waals surface area contributed by atoms with Gasteiger partial charge in [-0.1, -0.05) is 6.92 Å². The van der Waals surface area contributed by atoms with Gasteiger partial charge in [0.25, 0.3) is 0 Å². The Bertz CT molecular complexity index is 958. The van der Waals surface area contributed by atoms with Gasteiger partial charge in [0.05, 0.1) is 10.9 Å². The average molecular weight is 322 g/mol. The molecule has 0 aliphatic rings. The van der Waals surface area contributed by atoms with Crippen LogP contribution < -0.4 is 10.9 Å². The van der Waals surface area contributed by atoms with Crippen molar-refractivity contribution < 1.29 is 24.5 Å². The van der Waals surface area contributed by atoms with Crippen LogP contribution in [0.1, 0.15) is 28.6 Å². The van der Waals surface area contributed by atoms with Gasteiger partial charge in [0.1, 0.15) is 33.0 Å². The van der Waals surface area contributed by atoms with Crippen molar-refractivity contribution in [3.05, 3.63) is 41.2 Å². The number of fused-ring (bicyclic) bond motifs is 1. The minimum absolute atomic E-state index is 0.0614. The quantitative estimate of drug-likeness (QED) is 0.355. The van der Waals surface area contributed by atoms with E-state index < -0.39 is 0 Å². The molecule has 0 aliphatic heterocycles. The van der Waals surface area contributed by atoms with Gasteiger partial charge in [0.15, 0.2) is 17.1 Å². The highest BCUT2D eigenvalue weighted by molar-refractivity contribution is 6.52. The predicted octanol–water partition coefficient (Wildman–Crippen LogP) is -0.140. The van der Waals surface area contributed by atoms with Crippen molar-refractivity contribution in [1.29, 1.82) is 0 Å². The Balaban J connectivity index is 2.34. The Morgan fingerprint density at radius 3 is 2.21 bits per heavy atom. The SMILES string of the molecule is Bc1c(B)c(O)c2c(C(=O)c3ccc(O)cc3)c(CC)oc2c1O. The zero-order valence-corrected chi connectivity index (χ0v) is 13.7. The minimum Gasteiger partial charge on any atom is -0.508 e. The molecule has 0 saturated heterocycles. The van der Waals surface area contributed by atoms with E-state index >= 15 is 0 Å². The number of aryl methyl sites for hydroxylation is 1. The van der Waals surface area contributed by atoms with Gasteiger partial charge in [0, 0.05) is 12.0 Å². The van der Waals surface area contributed by atoms with Crippen LogP contribution in [0, 0.1) is 0 Å². The van der Waals surface area contributed by atoms with Crippen molar-refractivity contribution in [1.82, 2.24) is 0 Å². The van der Waals surface area contributed by atoms with E-state index in [0.29, 0.717) is 28.7 Å². The molecule has 3 rings (SSSR count). The van der Waals surface area contributed by atoms with E-state index in [1.807, 2.05) is 6.92 Å². The lowest BCUT2D eigenvalue weighted by atomic mass is 9.78. The number of furan rings is 1. The fourth-order valence-electron chi connectivity index (χ4n) is 2.83. The average Bonchev–Trinajstić information content (AvgIpc) is 2.97. The minimum atomic E-state index is -0.330. The molecule has 0 radical (unpaired) electrons. The van der Waals surface area contributed by atoms with E-state index in [-0.39, 0.29) is 39.6 Å². The maximum Gasteiger partial charge on any atom is 0.197 e. The van der Waals surface area contributed by atoms with Crippen molar-refractivity contribution in [2.75, 3.05) is 0 Å². The molecule has 0 amide bonds. The summed E-state index contributed by atoms with van der Waals surface area (Å²) in [6.07, 6.45) is 0.435. The van der Waals surface area contributed by atoms with Crippen molar-refractivity contribution in [2.45, 2.75) is 13.3 Å². The van der Waals surface area contributed by atoms with E-state index in [2.05, 4.69) is 0 Å². The van der Waals surface area contributed by atoms with E-state index in [1.165, 1.54) is 24.3 Å². The van der Waals surface area contributed by atoms with Gasteiger partial charge in [-0.05, 0) is 35.2 Å². The molecule has 0 fully saturated rings. The maximum atomic E-state index is 12.9. The van der Waals surface area contributed by atoms with E-state index in [9.17, 15) is 20.1 Å². The van der Waals surface area contributed by atoms with Crippen molar-refractivity contribution in [3.63, 3.8) is 0 Å². The molecular formula is C17H16B2O5. The van der Waals surface area contributed by atoms with E-state index in [4.69, 9.17) is 4.42 Å². The van der Waals surface area contributed by atoms with Crippen molar-refractivity contribution in [3.8, 4) is 17.2 Å². The molecule has 0 atom stereocenters. The predicted molar refractivity (Wildman–Crippen MR) is 96.8 cm³/mol. The summed E-state index contributed by atoms with van der Waals surface area (Å²) in [4.78, 5) is 12.9. The lowest BCUT2D eigenvalue weighted by Gasteiger charge is -2.09. The second-order valence-electron chi connectivity index (χ2n) is 5.78. The Morgan fingerprint density at radius 2 is 1.62 bits per heavy atom.